The van der Waals surface area contributed by atoms with Gasteiger partial charge in [0.15, 0.2) is 29.0 Å². The van der Waals surface area contributed by atoms with Crippen LogP contribution in [0.4, 0.5) is 0 Å². The van der Waals surface area contributed by atoms with E-state index in [0.717, 1.165) is 11.1 Å². The number of carbonyl (C=O) groups excluding carboxylic acids is 4. The van der Waals surface area contributed by atoms with Gasteiger partial charge in [0.2, 0.25) is 0 Å². The van der Waals surface area contributed by atoms with Gasteiger partial charge in [-0.25, -0.2) is 4.79 Å². The van der Waals surface area contributed by atoms with Crippen LogP contribution in [-0.2, 0) is 32.0 Å². The summed E-state index contributed by atoms with van der Waals surface area (Å²) in [7, 11) is 3.02. The van der Waals surface area contributed by atoms with E-state index in [-0.39, 0.29) is 31.6 Å². The number of carbonyl (C=O) groups is 4. The molecule has 0 heterocycles. The number of ether oxygens (including phenoxy) is 4. The van der Waals surface area contributed by atoms with E-state index in [1.807, 2.05) is 25.1 Å². The molecule has 3 rings (SSSR count). The number of hydrogen-bond donors (Lipinski definition) is 0. The van der Waals surface area contributed by atoms with Gasteiger partial charge in [0, 0.05) is 12.8 Å². The zero-order valence-corrected chi connectivity index (χ0v) is 23.2. The van der Waals surface area contributed by atoms with Crippen LogP contribution in [0.15, 0.2) is 66.7 Å². The summed E-state index contributed by atoms with van der Waals surface area (Å²) in [5.74, 6) is -2.58. The second-order valence-electron chi connectivity index (χ2n) is 9.16. The number of ketones is 2. The van der Waals surface area contributed by atoms with Crippen molar-refractivity contribution in [1.82, 2.24) is 0 Å². The highest BCUT2D eigenvalue weighted by Gasteiger charge is 2.34. The third kappa shape index (κ3) is 8.02. The van der Waals surface area contributed by atoms with Crippen LogP contribution in [0.25, 0.3) is 0 Å². The van der Waals surface area contributed by atoms with Crippen LogP contribution in [0.3, 0.4) is 0 Å². The largest absolute Gasteiger partial charge is 0.496 e. The molecule has 0 aliphatic rings. The molecule has 1 atom stereocenters. The molecule has 3 aromatic rings. The third-order valence-corrected chi connectivity index (χ3v) is 6.40. The number of methoxy groups -OCH3 is 2. The Morgan fingerprint density at radius 2 is 1.30 bits per heavy atom. The SMILES string of the molecule is CCOC(=O)C(C(=O)CCc1ccc(C)c(OC)c1)C(=O)CCc1ccc(OC(=O)c2ccccc2)c(OC)c1. The number of rotatable bonds is 14. The highest BCUT2D eigenvalue weighted by atomic mass is 16.6. The summed E-state index contributed by atoms with van der Waals surface area (Å²) >= 11 is 0. The zero-order valence-electron chi connectivity index (χ0n) is 23.2. The van der Waals surface area contributed by atoms with Crippen molar-refractivity contribution >= 4 is 23.5 Å². The van der Waals surface area contributed by atoms with Crippen LogP contribution in [0.1, 0.15) is 46.8 Å². The third-order valence-electron chi connectivity index (χ3n) is 6.40. The van der Waals surface area contributed by atoms with Crippen molar-refractivity contribution in [2.24, 2.45) is 5.92 Å². The summed E-state index contributed by atoms with van der Waals surface area (Å²) in [6.45, 7) is 3.61. The van der Waals surface area contributed by atoms with E-state index >= 15 is 0 Å². The molecule has 8 heteroatoms. The average molecular weight is 547 g/mol. The summed E-state index contributed by atoms with van der Waals surface area (Å²) in [6.07, 6.45) is 0.566. The molecule has 0 N–H and O–H groups in total. The average Bonchev–Trinajstić information content (AvgIpc) is 2.96. The highest BCUT2D eigenvalue weighted by molar-refractivity contribution is 6.17. The van der Waals surface area contributed by atoms with Crippen molar-refractivity contribution in [3.63, 3.8) is 0 Å². The molecule has 8 nitrogen and oxygen atoms in total. The van der Waals surface area contributed by atoms with Crippen molar-refractivity contribution in [3.8, 4) is 17.2 Å². The molecule has 0 aromatic heterocycles. The first-order valence-electron chi connectivity index (χ1n) is 13.1. The Hall–Kier alpha value is -4.46. The lowest BCUT2D eigenvalue weighted by Gasteiger charge is -2.15. The van der Waals surface area contributed by atoms with Crippen molar-refractivity contribution in [2.75, 3.05) is 20.8 Å². The molecule has 0 saturated heterocycles. The molecule has 210 valence electrons. The van der Waals surface area contributed by atoms with Crippen LogP contribution >= 0.6 is 0 Å². The van der Waals surface area contributed by atoms with Crippen LogP contribution in [-0.4, -0.2) is 44.3 Å². The normalized spacial score (nSPS) is 11.3. The first-order chi connectivity index (χ1) is 19.3. The van der Waals surface area contributed by atoms with Crippen LogP contribution < -0.4 is 14.2 Å². The molecule has 0 radical (unpaired) electrons. The molecule has 0 aliphatic carbocycles. The minimum Gasteiger partial charge on any atom is -0.496 e. The maximum atomic E-state index is 13.1. The Balaban J connectivity index is 1.66. The monoisotopic (exact) mass is 546 g/mol. The maximum absolute atomic E-state index is 13.1. The Morgan fingerprint density at radius 1 is 0.725 bits per heavy atom. The van der Waals surface area contributed by atoms with E-state index in [2.05, 4.69) is 0 Å². The molecular weight excluding hydrogens is 512 g/mol. The second kappa shape index (κ2) is 14.6. The van der Waals surface area contributed by atoms with Gasteiger partial charge < -0.3 is 18.9 Å². The van der Waals surface area contributed by atoms with Gasteiger partial charge in [0.05, 0.1) is 26.4 Å². The van der Waals surface area contributed by atoms with Crippen LogP contribution in [0.2, 0.25) is 0 Å². The number of benzene rings is 3. The van der Waals surface area contributed by atoms with Gasteiger partial charge >= 0.3 is 11.9 Å². The van der Waals surface area contributed by atoms with E-state index in [9.17, 15) is 19.2 Å². The lowest BCUT2D eigenvalue weighted by atomic mass is 9.91. The van der Waals surface area contributed by atoms with Gasteiger partial charge in [-0.2, -0.15) is 0 Å². The fraction of sp³-hybridized carbons (Fsp3) is 0.312. The van der Waals surface area contributed by atoms with Gasteiger partial charge in [-0.3, -0.25) is 14.4 Å². The predicted octanol–water partition coefficient (Wildman–Crippen LogP) is 5.11. The molecular formula is C32H34O8. The number of aryl methyl sites for hydroxylation is 3. The Labute approximate surface area is 234 Å². The van der Waals surface area contributed by atoms with E-state index in [0.29, 0.717) is 29.0 Å². The molecule has 0 aliphatic heterocycles. The first-order valence-corrected chi connectivity index (χ1v) is 13.1. The van der Waals surface area contributed by atoms with Crippen molar-refractivity contribution in [3.05, 3.63) is 89.0 Å². The van der Waals surface area contributed by atoms with Crippen LogP contribution in [0.5, 0.6) is 17.2 Å². The zero-order chi connectivity index (χ0) is 29.1. The number of Topliss-reactive ketones (excluding diaryl/α,β-unsaturated/α-hetero) is 2. The minimum absolute atomic E-state index is 0.0107. The van der Waals surface area contributed by atoms with Gasteiger partial charge in [0.25, 0.3) is 0 Å². The Morgan fingerprint density at radius 3 is 1.88 bits per heavy atom. The molecule has 0 amide bonds. The van der Waals surface area contributed by atoms with Gasteiger partial charge in [-0.15, -0.1) is 0 Å². The smallest absolute Gasteiger partial charge is 0.343 e. The maximum Gasteiger partial charge on any atom is 0.343 e. The van der Waals surface area contributed by atoms with Crippen molar-refractivity contribution in [1.29, 1.82) is 0 Å². The summed E-state index contributed by atoms with van der Waals surface area (Å²) < 4.78 is 21.3. The van der Waals surface area contributed by atoms with Gasteiger partial charge in [-0.05, 0) is 73.7 Å². The Bertz CT molecular complexity index is 1350. The summed E-state index contributed by atoms with van der Waals surface area (Å²) in [4.78, 5) is 51.2. The quantitative estimate of drug-likeness (QED) is 0.156. The van der Waals surface area contributed by atoms with Crippen molar-refractivity contribution < 1.29 is 38.1 Å². The van der Waals surface area contributed by atoms with E-state index in [1.165, 1.54) is 7.11 Å². The fourth-order valence-electron chi connectivity index (χ4n) is 4.20. The number of esters is 2. The molecule has 0 spiro atoms. The molecule has 0 fully saturated rings. The van der Waals surface area contributed by atoms with Gasteiger partial charge in [-0.1, -0.05) is 36.4 Å². The Kier molecular flexibility index (Phi) is 11.0. The summed E-state index contributed by atoms with van der Waals surface area (Å²) in [6, 6.07) is 19.2. The predicted molar refractivity (Wildman–Crippen MR) is 149 cm³/mol. The molecule has 0 bridgehead atoms. The second-order valence-corrected chi connectivity index (χ2v) is 9.16. The van der Waals surface area contributed by atoms with E-state index in [1.54, 1.807) is 62.6 Å². The summed E-state index contributed by atoms with van der Waals surface area (Å²) in [5, 5.41) is 0. The first kappa shape index (κ1) is 30.1. The van der Waals surface area contributed by atoms with E-state index in [4.69, 9.17) is 18.9 Å². The highest BCUT2D eigenvalue weighted by Crippen LogP contribution is 2.30. The molecule has 0 saturated carbocycles. The van der Waals surface area contributed by atoms with E-state index < -0.39 is 29.4 Å². The topological polar surface area (TPSA) is 105 Å². The fourth-order valence-corrected chi connectivity index (χ4v) is 4.20. The molecule has 40 heavy (non-hydrogen) atoms. The lowest BCUT2D eigenvalue weighted by molar-refractivity contribution is -0.154. The summed E-state index contributed by atoms with van der Waals surface area (Å²) in [5.41, 5.74) is 2.95. The minimum atomic E-state index is -1.49. The standard InChI is InChI=1S/C32H34O8/c1-5-39-32(36)30(25(33)16-13-22-12-11-21(2)28(19-22)37-3)26(34)17-14-23-15-18-27(29(20-23)38-4)40-31(35)24-9-7-6-8-10-24/h6-12,15,18-20,30H,5,13-14,16-17H2,1-4H3. The van der Waals surface area contributed by atoms with Crippen LogP contribution in [0, 0.1) is 12.8 Å². The van der Waals surface area contributed by atoms with Gasteiger partial charge in [0.1, 0.15) is 5.75 Å². The molecule has 1 unspecified atom stereocenters. The van der Waals surface area contributed by atoms with Crippen molar-refractivity contribution in [2.45, 2.75) is 39.5 Å². The number of hydrogen-bond acceptors (Lipinski definition) is 8. The molecule has 3 aromatic carbocycles. The lowest BCUT2D eigenvalue weighted by Crippen LogP contribution is -2.34.